The van der Waals surface area contributed by atoms with Gasteiger partial charge in [0.1, 0.15) is 19.3 Å². The smallest absolute Gasteiger partial charge is 0.462 e. The lowest BCUT2D eigenvalue weighted by atomic mass is 10.1. The number of rotatable bonds is 78. The number of aliphatic hydroxyl groups excluding tert-OH is 1. The number of unbranched alkanes of at least 4 members (excludes halogenated alkanes) is 24. The Morgan fingerprint density at radius 3 is 0.736 bits per heavy atom. The maximum atomic E-state index is 13.1. The zero-order valence-corrected chi connectivity index (χ0v) is 70.4. The first kappa shape index (κ1) is 104. The highest BCUT2D eigenvalue weighted by Crippen LogP contribution is 2.45. The van der Waals surface area contributed by atoms with Crippen molar-refractivity contribution in [2.45, 2.75) is 341 Å². The average Bonchev–Trinajstić information content (AvgIpc) is 0.899. The van der Waals surface area contributed by atoms with Gasteiger partial charge in [-0.05, 0) is 180 Å². The van der Waals surface area contributed by atoms with Gasteiger partial charge in [-0.3, -0.25) is 37.3 Å². The van der Waals surface area contributed by atoms with Crippen molar-refractivity contribution in [3.8, 4) is 0 Å². The van der Waals surface area contributed by atoms with E-state index in [4.69, 9.17) is 37.0 Å². The number of carbonyl (C=O) groups excluding carboxylic acids is 4. The summed E-state index contributed by atoms with van der Waals surface area (Å²) in [7, 11) is -10.0. The summed E-state index contributed by atoms with van der Waals surface area (Å²) in [6.07, 6.45) is 97.4. The second kappa shape index (κ2) is 81.4. The lowest BCUT2D eigenvalue weighted by Gasteiger charge is -2.21. The van der Waals surface area contributed by atoms with Gasteiger partial charge in [-0.2, -0.15) is 0 Å². The van der Waals surface area contributed by atoms with Gasteiger partial charge in [-0.15, -0.1) is 0 Å². The second-order valence-corrected chi connectivity index (χ2v) is 30.6. The van der Waals surface area contributed by atoms with Crippen molar-refractivity contribution in [2.24, 2.45) is 0 Å². The Labute approximate surface area is 667 Å². The Bertz CT molecular complexity index is 2750. The Morgan fingerprint density at radius 2 is 0.473 bits per heavy atom. The van der Waals surface area contributed by atoms with Crippen LogP contribution in [0.5, 0.6) is 0 Å². The van der Waals surface area contributed by atoms with Crippen LogP contribution in [0.3, 0.4) is 0 Å². The summed E-state index contributed by atoms with van der Waals surface area (Å²) < 4.78 is 68.7. The lowest BCUT2D eigenvalue weighted by Crippen LogP contribution is -2.30. The van der Waals surface area contributed by atoms with E-state index in [0.29, 0.717) is 25.7 Å². The van der Waals surface area contributed by atoms with E-state index in [2.05, 4.69) is 198 Å². The van der Waals surface area contributed by atoms with E-state index in [1.54, 1.807) is 0 Å². The standard InChI is InChI=1S/C91H150O17P2/c1-5-9-13-17-21-25-29-33-37-40-42-45-48-51-55-59-63-67-71-75-88(93)101-81-86(107-90(95)77-73-69-65-61-57-53-47-36-32-28-24-20-16-12-8-4)83-105-109(97,98)103-79-85(92)80-104-110(99,100)106-84-87(108-91(96)78-74-70-66-62-58-54-50-44-39-35-31-27-23-19-15-11-7-3)82-102-89(94)76-72-68-64-60-56-52-49-46-43-41-38-34-30-26-22-18-14-10-6-2/h9,11,13,15,21-28,33-39,42-43,45-47,50-51,54-55,85-87,92H,5-8,10,12,14,16-20,29-32,40-41,44,48-49,52-53,56-84H2,1-4H3,(H,97,98)(H,99,100)/b13-9-,15-11-,25-21-,26-22-,27-23-,28-24-,37-33-,38-34-,39-35-,45-42-,46-43-,47-36-,54-50-,55-51-. The molecular formula is C91H150O17P2. The molecule has 0 saturated heterocycles. The number of allylic oxidation sites excluding steroid dienone is 28. The molecule has 0 aromatic heterocycles. The van der Waals surface area contributed by atoms with Gasteiger partial charge in [0, 0.05) is 25.7 Å². The molecule has 0 radical (unpaired) electrons. The van der Waals surface area contributed by atoms with Gasteiger partial charge < -0.3 is 33.8 Å². The largest absolute Gasteiger partial charge is 0.472 e. The van der Waals surface area contributed by atoms with Gasteiger partial charge >= 0.3 is 39.5 Å². The molecule has 0 spiro atoms. The highest BCUT2D eigenvalue weighted by Gasteiger charge is 2.30. The van der Waals surface area contributed by atoms with Crippen LogP contribution >= 0.6 is 15.6 Å². The Balaban J connectivity index is 5.46. The molecule has 110 heavy (non-hydrogen) atoms. The minimum atomic E-state index is -5.00. The minimum absolute atomic E-state index is 0.0574. The quantitative estimate of drug-likeness (QED) is 0.0169. The van der Waals surface area contributed by atoms with E-state index < -0.39 is 97.5 Å². The molecule has 19 heteroatoms. The highest BCUT2D eigenvalue weighted by atomic mass is 31.2. The van der Waals surface area contributed by atoms with E-state index in [0.717, 1.165) is 205 Å². The molecule has 0 aliphatic rings. The first-order valence-electron chi connectivity index (χ1n) is 42.4. The van der Waals surface area contributed by atoms with Crippen LogP contribution in [0.15, 0.2) is 170 Å². The number of hydrogen-bond acceptors (Lipinski definition) is 15. The normalized spacial score (nSPS) is 14.6. The topological polar surface area (TPSA) is 237 Å². The van der Waals surface area contributed by atoms with Crippen molar-refractivity contribution in [1.82, 2.24) is 0 Å². The molecular weight excluding hydrogens is 1430 g/mol. The molecule has 0 aliphatic carbocycles. The average molecular weight is 1580 g/mol. The number of hydrogen-bond donors (Lipinski definition) is 3. The first-order valence-corrected chi connectivity index (χ1v) is 45.4. The molecule has 5 unspecified atom stereocenters. The van der Waals surface area contributed by atoms with Crippen molar-refractivity contribution >= 4 is 39.5 Å². The van der Waals surface area contributed by atoms with Gasteiger partial charge in [0.2, 0.25) is 0 Å². The molecule has 626 valence electrons. The van der Waals surface area contributed by atoms with Crippen LogP contribution in [-0.4, -0.2) is 96.7 Å². The zero-order valence-electron chi connectivity index (χ0n) is 68.6. The number of phosphoric ester groups is 2. The van der Waals surface area contributed by atoms with E-state index in [9.17, 15) is 43.2 Å². The van der Waals surface area contributed by atoms with Crippen LogP contribution in [0.25, 0.3) is 0 Å². The molecule has 3 N–H and O–H groups in total. The van der Waals surface area contributed by atoms with Crippen molar-refractivity contribution in [3.63, 3.8) is 0 Å². The van der Waals surface area contributed by atoms with Crippen molar-refractivity contribution in [3.05, 3.63) is 170 Å². The predicted octanol–water partition coefficient (Wildman–Crippen LogP) is 25.3. The van der Waals surface area contributed by atoms with Crippen LogP contribution < -0.4 is 0 Å². The van der Waals surface area contributed by atoms with E-state index in [1.165, 1.54) is 38.5 Å². The monoisotopic (exact) mass is 1580 g/mol. The molecule has 0 heterocycles. The summed E-state index contributed by atoms with van der Waals surface area (Å²) in [5.74, 6) is -2.27. The van der Waals surface area contributed by atoms with Crippen molar-refractivity contribution in [1.29, 1.82) is 0 Å². The predicted molar refractivity (Wildman–Crippen MR) is 454 cm³/mol. The summed E-state index contributed by atoms with van der Waals surface area (Å²) in [6, 6.07) is 0. The molecule has 0 rings (SSSR count). The number of carbonyl (C=O) groups is 4. The molecule has 0 aromatic rings. The first-order chi connectivity index (χ1) is 53.7. The fraction of sp³-hybridized carbons (Fsp3) is 0.648. The van der Waals surface area contributed by atoms with Gasteiger partial charge in [0.25, 0.3) is 0 Å². The third kappa shape index (κ3) is 80.5. The Hall–Kier alpha value is -5.58. The van der Waals surface area contributed by atoms with E-state index in [-0.39, 0.29) is 25.7 Å². The molecule has 0 aromatic carbocycles. The molecule has 0 fully saturated rings. The second-order valence-electron chi connectivity index (χ2n) is 27.6. The Kier molecular flexibility index (Phi) is 77.3. The molecule has 0 amide bonds. The van der Waals surface area contributed by atoms with E-state index in [1.807, 2.05) is 0 Å². The van der Waals surface area contributed by atoms with Crippen molar-refractivity contribution in [2.75, 3.05) is 39.6 Å². The summed E-state index contributed by atoms with van der Waals surface area (Å²) in [5, 5.41) is 10.7. The van der Waals surface area contributed by atoms with Crippen LogP contribution in [0.1, 0.15) is 323 Å². The van der Waals surface area contributed by atoms with Gasteiger partial charge in [0.15, 0.2) is 12.2 Å². The number of ether oxygens (including phenoxy) is 4. The minimum Gasteiger partial charge on any atom is -0.462 e. The summed E-state index contributed by atoms with van der Waals surface area (Å²) in [4.78, 5) is 73.3. The Morgan fingerprint density at radius 1 is 0.264 bits per heavy atom. The number of phosphoric acid groups is 2. The third-order valence-corrected chi connectivity index (χ3v) is 19.0. The van der Waals surface area contributed by atoms with Gasteiger partial charge in [0.05, 0.1) is 26.4 Å². The third-order valence-electron chi connectivity index (χ3n) is 17.1. The molecule has 17 nitrogen and oxygen atoms in total. The van der Waals surface area contributed by atoms with Crippen LogP contribution in [-0.2, 0) is 65.4 Å². The maximum Gasteiger partial charge on any atom is 0.472 e. The maximum absolute atomic E-state index is 13.1. The summed E-state index contributed by atoms with van der Waals surface area (Å²) in [5.41, 5.74) is 0. The summed E-state index contributed by atoms with van der Waals surface area (Å²) in [6.45, 7) is 4.51. The fourth-order valence-corrected chi connectivity index (χ4v) is 12.3. The lowest BCUT2D eigenvalue weighted by molar-refractivity contribution is -0.161. The number of esters is 4. The van der Waals surface area contributed by atoms with Crippen molar-refractivity contribution < 1.29 is 80.2 Å². The van der Waals surface area contributed by atoms with Crippen LogP contribution in [0, 0.1) is 0 Å². The summed E-state index contributed by atoms with van der Waals surface area (Å²) >= 11 is 0. The van der Waals surface area contributed by atoms with E-state index >= 15 is 0 Å². The molecule has 0 bridgehead atoms. The molecule has 0 saturated carbocycles. The zero-order chi connectivity index (χ0) is 80.3. The van der Waals surface area contributed by atoms with Crippen LogP contribution in [0.4, 0.5) is 0 Å². The fourth-order valence-electron chi connectivity index (χ4n) is 10.7. The number of aliphatic hydroxyl groups is 1. The van der Waals surface area contributed by atoms with Crippen LogP contribution in [0.2, 0.25) is 0 Å². The molecule has 0 aliphatic heterocycles. The SMILES string of the molecule is CC/C=C\C/C=C\C/C=C\C/C=C\C/C=C\CCCCCC(=O)OCC(COP(=O)(O)OCC(O)COP(=O)(O)OCC(COC(=O)CCCCCCCC/C=C\C/C=C\C/C=C\CCCCC)OC(=O)CCCCCC/C=C\C/C=C\C/C=C\C/C=C\CC)OC(=O)CCCCCCC/C=C\C/C=C\CCCCC. The van der Waals surface area contributed by atoms with Gasteiger partial charge in [-0.1, -0.05) is 288 Å². The molecule has 5 atom stereocenters. The highest BCUT2D eigenvalue weighted by molar-refractivity contribution is 7.47. The van der Waals surface area contributed by atoms with Gasteiger partial charge in [-0.25, -0.2) is 9.13 Å².